The van der Waals surface area contributed by atoms with Gasteiger partial charge in [-0.2, -0.15) is 13.2 Å². The molecule has 3 aromatic rings. The number of pyridine rings is 1. The Morgan fingerprint density at radius 2 is 1.80 bits per heavy atom. The molecule has 0 bridgehead atoms. The highest BCUT2D eigenvalue weighted by molar-refractivity contribution is 6.13. The zero-order valence-electron chi connectivity index (χ0n) is 15.3. The minimum absolute atomic E-state index is 0.156. The molecule has 0 fully saturated rings. The highest BCUT2D eigenvalue weighted by atomic mass is 19.4. The first-order valence-corrected chi connectivity index (χ1v) is 8.85. The number of nitrogens with zero attached hydrogens (tertiary/aromatic N) is 3. The molecule has 1 aliphatic heterocycles. The lowest BCUT2D eigenvalue weighted by Crippen LogP contribution is -2.40. The Bertz CT molecular complexity index is 1120. The van der Waals surface area contributed by atoms with Crippen molar-refractivity contribution >= 4 is 23.2 Å². The maximum atomic E-state index is 13.8. The first kappa shape index (κ1) is 19.6. The Labute approximate surface area is 167 Å². The molecule has 3 heterocycles. The van der Waals surface area contributed by atoms with E-state index in [0.29, 0.717) is 12.2 Å². The second-order valence-corrected chi connectivity index (χ2v) is 6.58. The zero-order chi connectivity index (χ0) is 21.5. The quantitative estimate of drug-likeness (QED) is 0.655. The number of hydrogen-bond donors (Lipinski definition) is 1. The van der Waals surface area contributed by atoms with Crippen molar-refractivity contribution in [3.05, 3.63) is 77.6 Å². The molecule has 0 saturated carbocycles. The molecular weight excluding hydrogens is 404 g/mol. The Kier molecular flexibility index (Phi) is 4.76. The standard InChI is InChI=1S/C20H14F4N4O2/c21-15-11-25-7-5-14(15)18(29)26-16-6-8-27-9-10-28(19(30)17(16)27)13-3-1-12(2-4-13)20(22,23)24/h1-8,11H,9-10H2,(H,26,29). The molecule has 0 unspecified atom stereocenters. The lowest BCUT2D eigenvalue weighted by atomic mass is 10.1. The number of rotatable bonds is 3. The van der Waals surface area contributed by atoms with Gasteiger partial charge in [0.25, 0.3) is 11.8 Å². The molecule has 4 rings (SSSR count). The number of fused-ring (bicyclic) bond motifs is 1. The summed E-state index contributed by atoms with van der Waals surface area (Å²) in [4.78, 5) is 30.3. The van der Waals surface area contributed by atoms with Crippen molar-refractivity contribution in [3.8, 4) is 0 Å². The molecule has 0 atom stereocenters. The van der Waals surface area contributed by atoms with Crippen LogP contribution in [0.15, 0.2) is 55.0 Å². The summed E-state index contributed by atoms with van der Waals surface area (Å²) < 4.78 is 53.8. The molecule has 1 aromatic carbocycles. The first-order valence-electron chi connectivity index (χ1n) is 8.85. The Morgan fingerprint density at radius 1 is 1.07 bits per heavy atom. The van der Waals surface area contributed by atoms with E-state index in [-0.39, 0.29) is 23.5 Å². The maximum absolute atomic E-state index is 13.8. The number of aromatic nitrogens is 2. The average molecular weight is 418 g/mol. The van der Waals surface area contributed by atoms with Crippen LogP contribution >= 0.6 is 0 Å². The van der Waals surface area contributed by atoms with E-state index >= 15 is 0 Å². The Balaban J connectivity index is 1.60. The van der Waals surface area contributed by atoms with Gasteiger partial charge in [-0.1, -0.05) is 0 Å². The van der Waals surface area contributed by atoms with Crippen LogP contribution in [0.25, 0.3) is 0 Å². The SMILES string of the molecule is O=C(Nc1ccn2c1C(=O)N(c1ccc(C(F)(F)F)cc1)CC2)c1ccncc1F. The van der Waals surface area contributed by atoms with Crippen molar-refractivity contribution in [3.63, 3.8) is 0 Å². The van der Waals surface area contributed by atoms with Crippen LogP contribution in [0.2, 0.25) is 0 Å². The van der Waals surface area contributed by atoms with Crippen molar-refractivity contribution in [2.75, 3.05) is 16.8 Å². The Hall–Kier alpha value is -3.69. The van der Waals surface area contributed by atoms with Gasteiger partial charge in [0.2, 0.25) is 0 Å². The smallest absolute Gasteiger partial charge is 0.340 e. The van der Waals surface area contributed by atoms with Crippen molar-refractivity contribution in [2.45, 2.75) is 12.7 Å². The summed E-state index contributed by atoms with van der Waals surface area (Å²) in [5.41, 5.74) is -0.404. The molecule has 1 N–H and O–H groups in total. The fourth-order valence-corrected chi connectivity index (χ4v) is 3.26. The molecule has 2 aromatic heterocycles. The van der Waals surface area contributed by atoms with E-state index in [4.69, 9.17) is 0 Å². The normalized spacial score (nSPS) is 13.9. The number of carbonyl (C=O) groups is 2. The second-order valence-electron chi connectivity index (χ2n) is 6.58. The van der Waals surface area contributed by atoms with Crippen LogP contribution in [0.3, 0.4) is 0 Å². The van der Waals surface area contributed by atoms with Gasteiger partial charge in [-0.15, -0.1) is 0 Å². The van der Waals surface area contributed by atoms with Gasteiger partial charge in [0, 0.05) is 31.2 Å². The van der Waals surface area contributed by atoms with Crippen LogP contribution < -0.4 is 10.2 Å². The summed E-state index contributed by atoms with van der Waals surface area (Å²) in [6.45, 7) is 0.625. The van der Waals surface area contributed by atoms with Gasteiger partial charge in [-0.25, -0.2) is 4.39 Å². The van der Waals surface area contributed by atoms with Gasteiger partial charge in [-0.3, -0.25) is 14.6 Å². The molecule has 0 radical (unpaired) electrons. The van der Waals surface area contributed by atoms with Crippen molar-refractivity contribution in [2.24, 2.45) is 0 Å². The summed E-state index contributed by atoms with van der Waals surface area (Å²) >= 11 is 0. The minimum atomic E-state index is -4.47. The number of alkyl halides is 3. The van der Waals surface area contributed by atoms with Crippen LogP contribution in [-0.4, -0.2) is 27.9 Å². The van der Waals surface area contributed by atoms with Crippen LogP contribution in [0, 0.1) is 5.82 Å². The molecule has 2 amide bonds. The van der Waals surface area contributed by atoms with E-state index < -0.39 is 29.4 Å². The molecule has 0 spiro atoms. The highest BCUT2D eigenvalue weighted by Crippen LogP contribution is 2.32. The third-order valence-electron chi connectivity index (χ3n) is 4.75. The second kappa shape index (κ2) is 7.29. The molecule has 1 aliphatic rings. The number of nitrogens with one attached hydrogen (secondary N) is 1. The van der Waals surface area contributed by atoms with E-state index in [0.717, 1.165) is 18.3 Å². The number of halogens is 4. The number of carbonyl (C=O) groups excluding carboxylic acids is 2. The monoisotopic (exact) mass is 418 g/mol. The van der Waals surface area contributed by atoms with Gasteiger partial charge in [-0.05, 0) is 36.4 Å². The summed E-state index contributed by atoms with van der Waals surface area (Å²) in [6.07, 6.45) is -0.693. The molecule has 30 heavy (non-hydrogen) atoms. The topological polar surface area (TPSA) is 67.2 Å². The maximum Gasteiger partial charge on any atom is 0.416 e. The molecule has 0 aliphatic carbocycles. The molecule has 154 valence electrons. The van der Waals surface area contributed by atoms with E-state index in [2.05, 4.69) is 10.3 Å². The van der Waals surface area contributed by atoms with Crippen LogP contribution in [-0.2, 0) is 12.7 Å². The van der Waals surface area contributed by atoms with Gasteiger partial charge >= 0.3 is 6.18 Å². The molecule has 10 heteroatoms. The van der Waals surface area contributed by atoms with Crippen molar-refractivity contribution < 1.29 is 27.2 Å². The van der Waals surface area contributed by atoms with Crippen LogP contribution in [0.4, 0.5) is 28.9 Å². The van der Waals surface area contributed by atoms with E-state index in [1.165, 1.54) is 35.4 Å². The first-order chi connectivity index (χ1) is 14.3. The van der Waals surface area contributed by atoms with Crippen molar-refractivity contribution in [1.29, 1.82) is 0 Å². The lowest BCUT2D eigenvalue weighted by Gasteiger charge is -2.29. The summed E-state index contributed by atoms with van der Waals surface area (Å²) in [5, 5.41) is 2.51. The number of anilines is 2. The molecule has 6 nitrogen and oxygen atoms in total. The lowest BCUT2D eigenvalue weighted by molar-refractivity contribution is -0.137. The predicted octanol–water partition coefficient (Wildman–Crippen LogP) is 3.95. The van der Waals surface area contributed by atoms with Gasteiger partial charge in [0.05, 0.1) is 23.0 Å². The summed E-state index contributed by atoms with van der Waals surface area (Å²) in [5.74, 6) is -2.04. The fourth-order valence-electron chi connectivity index (χ4n) is 3.26. The Morgan fingerprint density at radius 3 is 2.47 bits per heavy atom. The number of benzene rings is 1. The third kappa shape index (κ3) is 3.51. The van der Waals surface area contributed by atoms with E-state index in [1.807, 2.05) is 0 Å². The number of amides is 2. The van der Waals surface area contributed by atoms with E-state index in [1.54, 1.807) is 10.8 Å². The zero-order valence-corrected chi connectivity index (χ0v) is 15.3. The molecule has 0 saturated heterocycles. The van der Waals surface area contributed by atoms with Crippen LogP contribution in [0.5, 0.6) is 0 Å². The van der Waals surface area contributed by atoms with E-state index in [9.17, 15) is 27.2 Å². The summed E-state index contributed by atoms with van der Waals surface area (Å²) in [7, 11) is 0. The predicted molar refractivity (Wildman–Crippen MR) is 99.7 cm³/mol. The van der Waals surface area contributed by atoms with Crippen LogP contribution in [0.1, 0.15) is 26.4 Å². The average Bonchev–Trinajstić information content (AvgIpc) is 3.11. The van der Waals surface area contributed by atoms with Gasteiger partial charge in [0.1, 0.15) is 5.69 Å². The fraction of sp³-hybridized carbons (Fsp3) is 0.150. The van der Waals surface area contributed by atoms with Gasteiger partial charge in [0.15, 0.2) is 5.82 Å². The summed E-state index contributed by atoms with van der Waals surface area (Å²) in [6, 6.07) is 6.99. The minimum Gasteiger partial charge on any atom is -0.340 e. The highest BCUT2D eigenvalue weighted by Gasteiger charge is 2.32. The largest absolute Gasteiger partial charge is 0.416 e. The van der Waals surface area contributed by atoms with Crippen molar-refractivity contribution in [1.82, 2.24) is 9.55 Å². The third-order valence-corrected chi connectivity index (χ3v) is 4.75. The number of hydrogen-bond acceptors (Lipinski definition) is 3. The van der Waals surface area contributed by atoms with Gasteiger partial charge < -0.3 is 14.8 Å². The molecular formula is C20H14F4N4O2.